The van der Waals surface area contributed by atoms with E-state index in [2.05, 4.69) is 32.5 Å². The highest BCUT2D eigenvalue weighted by Crippen LogP contribution is 2.42. The second-order valence-electron chi connectivity index (χ2n) is 6.17. The third kappa shape index (κ3) is 3.40. The molecule has 1 nitrogen and oxygen atoms in total. The van der Waals surface area contributed by atoms with Crippen LogP contribution in [-0.2, 0) is 0 Å². The first kappa shape index (κ1) is 15.1. The predicted octanol–water partition coefficient (Wildman–Crippen LogP) is 4.05. The molecule has 0 aromatic heterocycles. The monoisotopic (exact) mass is 288 g/mol. The largest absolute Gasteiger partial charge is 0.392 e. The molecular weight excluding hydrogens is 260 g/mol. The van der Waals surface area contributed by atoms with Gasteiger partial charge in [-0.3, -0.25) is 0 Å². The fourth-order valence-corrected chi connectivity index (χ4v) is 6.65. The first-order valence-corrected chi connectivity index (χ1v) is 9.64. The van der Waals surface area contributed by atoms with Gasteiger partial charge in [-0.2, -0.15) is 23.5 Å². The molecule has 1 aliphatic heterocycles. The molecule has 0 amide bonds. The number of thioether (sulfide) groups is 2. The van der Waals surface area contributed by atoms with Gasteiger partial charge >= 0.3 is 0 Å². The van der Waals surface area contributed by atoms with Crippen molar-refractivity contribution < 1.29 is 5.11 Å². The number of rotatable bonds is 3. The molecular formula is C15H28OS2. The summed E-state index contributed by atoms with van der Waals surface area (Å²) in [7, 11) is 0. The quantitative estimate of drug-likeness (QED) is 0.846. The molecule has 1 N–H and O–H groups in total. The summed E-state index contributed by atoms with van der Waals surface area (Å²) in [5, 5.41) is 11.9. The van der Waals surface area contributed by atoms with Gasteiger partial charge in [0.1, 0.15) is 0 Å². The van der Waals surface area contributed by atoms with Crippen molar-refractivity contribution in [3.05, 3.63) is 0 Å². The Hall–Kier alpha value is 0.660. The Balaban J connectivity index is 1.95. The molecule has 2 fully saturated rings. The molecule has 1 aliphatic carbocycles. The van der Waals surface area contributed by atoms with Crippen LogP contribution in [0.2, 0.25) is 0 Å². The molecule has 3 heteroatoms. The van der Waals surface area contributed by atoms with Crippen molar-refractivity contribution in [1.29, 1.82) is 0 Å². The third-order valence-corrected chi connectivity index (χ3v) is 8.31. The van der Waals surface area contributed by atoms with Gasteiger partial charge in [-0.1, -0.05) is 27.2 Å². The Labute approximate surface area is 121 Å². The van der Waals surface area contributed by atoms with Crippen LogP contribution < -0.4 is 0 Å². The van der Waals surface area contributed by atoms with E-state index < -0.39 is 0 Å². The van der Waals surface area contributed by atoms with Crippen LogP contribution in [0.25, 0.3) is 0 Å². The van der Waals surface area contributed by atoms with Gasteiger partial charge < -0.3 is 5.11 Å². The zero-order chi connectivity index (χ0) is 13.1. The van der Waals surface area contributed by atoms with E-state index in [0.29, 0.717) is 16.4 Å². The molecule has 0 aromatic rings. The van der Waals surface area contributed by atoms with Crippen molar-refractivity contribution in [1.82, 2.24) is 0 Å². The molecule has 106 valence electrons. The molecule has 6 unspecified atom stereocenters. The van der Waals surface area contributed by atoms with E-state index in [1.807, 2.05) is 11.8 Å². The minimum Gasteiger partial charge on any atom is -0.392 e. The van der Waals surface area contributed by atoms with Gasteiger partial charge in [0, 0.05) is 22.0 Å². The first-order valence-electron chi connectivity index (χ1n) is 7.54. The molecule has 2 rings (SSSR count). The summed E-state index contributed by atoms with van der Waals surface area (Å²) in [5.41, 5.74) is 0. The average Bonchev–Trinajstić information content (AvgIpc) is 2.41. The molecule has 6 atom stereocenters. The van der Waals surface area contributed by atoms with Crippen molar-refractivity contribution in [3.63, 3.8) is 0 Å². The second-order valence-corrected chi connectivity index (χ2v) is 8.80. The molecule has 0 aromatic carbocycles. The Morgan fingerprint density at radius 1 is 1.11 bits per heavy atom. The summed E-state index contributed by atoms with van der Waals surface area (Å²) in [6.45, 7) is 7.01. The van der Waals surface area contributed by atoms with Crippen LogP contribution in [0.5, 0.6) is 0 Å². The van der Waals surface area contributed by atoms with E-state index in [9.17, 15) is 5.11 Å². The van der Waals surface area contributed by atoms with E-state index in [1.54, 1.807) is 0 Å². The molecule has 1 saturated heterocycles. The number of hydrogen-bond donors (Lipinski definition) is 1. The summed E-state index contributed by atoms with van der Waals surface area (Å²) in [5.74, 6) is 4.69. The lowest BCUT2D eigenvalue weighted by molar-refractivity contribution is 0.0544. The lowest BCUT2D eigenvalue weighted by Crippen LogP contribution is -2.42. The molecule has 0 bridgehead atoms. The topological polar surface area (TPSA) is 20.2 Å². The Bertz CT molecular complexity index is 259. The van der Waals surface area contributed by atoms with E-state index in [4.69, 9.17) is 0 Å². The Morgan fingerprint density at radius 2 is 1.83 bits per heavy atom. The molecule has 18 heavy (non-hydrogen) atoms. The highest BCUT2D eigenvalue weighted by molar-refractivity contribution is 8.07. The van der Waals surface area contributed by atoms with Crippen LogP contribution in [0, 0.1) is 17.8 Å². The highest BCUT2D eigenvalue weighted by Gasteiger charge is 2.37. The average molecular weight is 289 g/mol. The smallest absolute Gasteiger partial charge is 0.0697 e. The second kappa shape index (κ2) is 6.90. The maximum absolute atomic E-state index is 10.8. The third-order valence-electron chi connectivity index (χ3n) is 4.95. The van der Waals surface area contributed by atoms with Gasteiger partial charge in [-0.25, -0.2) is 0 Å². The van der Waals surface area contributed by atoms with Gasteiger partial charge in [0.15, 0.2) is 0 Å². The van der Waals surface area contributed by atoms with Gasteiger partial charge in [-0.15, -0.1) is 0 Å². The molecule has 0 spiro atoms. The standard InChI is InChI=1S/C15H28OS2/c1-4-13-15(18-8-7-17-13)14(16)12-6-5-10(2)11(3)9-12/h10-16H,4-9H2,1-3H3. The van der Waals surface area contributed by atoms with Gasteiger partial charge in [0.25, 0.3) is 0 Å². The molecule has 1 saturated carbocycles. The predicted molar refractivity (Wildman–Crippen MR) is 84.5 cm³/mol. The van der Waals surface area contributed by atoms with Crippen molar-refractivity contribution in [3.8, 4) is 0 Å². The number of hydrogen-bond acceptors (Lipinski definition) is 3. The maximum atomic E-state index is 10.8. The van der Waals surface area contributed by atoms with Crippen LogP contribution in [0.4, 0.5) is 0 Å². The normalized spacial score (nSPS) is 43.7. The summed E-state index contributed by atoms with van der Waals surface area (Å²) in [4.78, 5) is 0. The lowest BCUT2D eigenvalue weighted by Gasteiger charge is -2.41. The summed E-state index contributed by atoms with van der Waals surface area (Å²) in [6.07, 6.45) is 4.93. The molecule has 1 heterocycles. The number of aliphatic hydroxyl groups excluding tert-OH is 1. The van der Waals surface area contributed by atoms with Crippen molar-refractivity contribution in [2.24, 2.45) is 17.8 Å². The lowest BCUT2D eigenvalue weighted by atomic mass is 9.73. The van der Waals surface area contributed by atoms with Crippen LogP contribution >= 0.6 is 23.5 Å². The summed E-state index contributed by atoms with van der Waals surface area (Å²) in [6, 6.07) is 0. The maximum Gasteiger partial charge on any atom is 0.0697 e. The van der Waals surface area contributed by atoms with Crippen molar-refractivity contribution in [2.45, 2.75) is 63.1 Å². The Morgan fingerprint density at radius 3 is 2.50 bits per heavy atom. The van der Waals surface area contributed by atoms with E-state index >= 15 is 0 Å². The van der Waals surface area contributed by atoms with Gasteiger partial charge in [0.2, 0.25) is 0 Å². The first-order chi connectivity index (χ1) is 8.63. The summed E-state index contributed by atoms with van der Waals surface area (Å²) < 4.78 is 0. The van der Waals surface area contributed by atoms with Crippen molar-refractivity contribution in [2.75, 3.05) is 11.5 Å². The van der Waals surface area contributed by atoms with Crippen LogP contribution in [-0.4, -0.2) is 33.2 Å². The minimum absolute atomic E-state index is 0.0669. The zero-order valence-electron chi connectivity index (χ0n) is 12.0. The summed E-state index contributed by atoms with van der Waals surface area (Å²) >= 11 is 4.11. The van der Waals surface area contributed by atoms with E-state index in [-0.39, 0.29) is 6.10 Å². The molecule has 0 radical (unpaired) electrons. The SMILES string of the molecule is CCC1SCCSC1C(O)C1CCC(C)C(C)C1. The van der Waals surface area contributed by atoms with Crippen molar-refractivity contribution >= 4 is 23.5 Å². The van der Waals surface area contributed by atoms with Gasteiger partial charge in [0.05, 0.1) is 6.10 Å². The van der Waals surface area contributed by atoms with Crippen LogP contribution in [0.15, 0.2) is 0 Å². The fraction of sp³-hybridized carbons (Fsp3) is 1.00. The van der Waals surface area contributed by atoms with Crippen LogP contribution in [0.1, 0.15) is 46.5 Å². The van der Waals surface area contributed by atoms with E-state index in [1.165, 1.54) is 37.2 Å². The number of aliphatic hydroxyl groups is 1. The highest BCUT2D eigenvalue weighted by atomic mass is 32.2. The Kier molecular flexibility index (Phi) is 5.77. The van der Waals surface area contributed by atoms with Crippen LogP contribution in [0.3, 0.4) is 0 Å². The molecule has 2 aliphatic rings. The van der Waals surface area contributed by atoms with Gasteiger partial charge in [-0.05, 0) is 37.0 Å². The minimum atomic E-state index is -0.0669. The van der Waals surface area contributed by atoms with E-state index in [0.717, 1.165) is 11.8 Å². The zero-order valence-corrected chi connectivity index (χ0v) is 13.6. The fourth-order valence-electron chi connectivity index (χ4n) is 3.42.